The second kappa shape index (κ2) is 13.6. The van der Waals surface area contributed by atoms with Crippen molar-refractivity contribution in [3.05, 3.63) is 85.9 Å². The van der Waals surface area contributed by atoms with E-state index in [1.807, 2.05) is 0 Å². The highest BCUT2D eigenvalue weighted by atomic mass is 35.5. The summed E-state index contributed by atoms with van der Waals surface area (Å²) in [5.74, 6) is -2.79. The molecule has 8 nitrogen and oxygen atoms in total. The second-order valence-corrected chi connectivity index (χ2v) is 11.5. The Bertz CT molecular complexity index is 1810. The Morgan fingerprint density at radius 1 is 1.07 bits per heavy atom. The first-order chi connectivity index (χ1) is 21.4. The molecule has 0 radical (unpaired) electrons. The van der Waals surface area contributed by atoms with Crippen molar-refractivity contribution in [3.8, 4) is 5.75 Å². The average Bonchev–Trinajstić information content (AvgIpc) is 3.28. The van der Waals surface area contributed by atoms with Crippen LogP contribution in [0.1, 0.15) is 34.2 Å². The summed E-state index contributed by atoms with van der Waals surface area (Å²) in [6.45, 7) is -0.865. The van der Waals surface area contributed by atoms with E-state index >= 15 is 0 Å². The maximum atomic E-state index is 13.6. The lowest BCUT2D eigenvalue weighted by Gasteiger charge is -2.26. The summed E-state index contributed by atoms with van der Waals surface area (Å²) in [5, 5.41) is 4.63. The topological polar surface area (TPSA) is 111 Å². The summed E-state index contributed by atoms with van der Waals surface area (Å²) in [5.41, 5.74) is 3.22. The molecule has 0 aliphatic rings. The van der Waals surface area contributed by atoms with Crippen molar-refractivity contribution in [2.24, 2.45) is 12.8 Å². The van der Waals surface area contributed by atoms with E-state index in [4.69, 9.17) is 45.3 Å². The minimum Gasteiger partial charge on any atom is -0.487 e. The number of rotatable bonds is 10. The van der Waals surface area contributed by atoms with Gasteiger partial charge < -0.3 is 25.7 Å². The molecule has 0 spiro atoms. The molecule has 1 aromatic heterocycles. The molecule has 4 rings (SSSR count). The first-order valence-electron chi connectivity index (χ1n) is 13.2. The van der Waals surface area contributed by atoms with E-state index in [-0.39, 0.29) is 49.6 Å². The van der Waals surface area contributed by atoms with Gasteiger partial charge in [-0.25, -0.2) is 18.2 Å². The van der Waals surface area contributed by atoms with E-state index < -0.39 is 48.9 Å². The quantitative estimate of drug-likeness (QED) is 0.153. The van der Waals surface area contributed by atoms with Crippen LogP contribution in [0.5, 0.6) is 5.75 Å². The van der Waals surface area contributed by atoms with E-state index in [1.54, 1.807) is 11.6 Å². The van der Waals surface area contributed by atoms with Gasteiger partial charge in [0, 0.05) is 36.8 Å². The number of nitrogens with one attached hydrogen (secondary N) is 2. The van der Waals surface area contributed by atoms with Gasteiger partial charge in [0.05, 0.1) is 26.6 Å². The number of alkyl halides is 5. The summed E-state index contributed by atoms with van der Waals surface area (Å²) in [4.78, 5) is 29.9. The normalized spacial score (nSPS) is 13.2. The molecule has 3 aromatic carbocycles. The molecule has 0 saturated carbocycles. The summed E-state index contributed by atoms with van der Waals surface area (Å²) >= 11 is 18.8. The van der Waals surface area contributed by atoms with Crippen molar-refractivity contribution in [2.45, 2.75) is 38.0 Å². The number of halogens is 9. The molecule has 0 saturated heterocycles. The number of anilines is 1. The fourth-order valence-corrected chi connectivity index (χ4v) is 4.99. The Hall–Kier alpha value is -3.72. The molecule has 4 aromatic rings. The van der Waals surface area contributed by atoms with Gasteiger partial charge in [-0.05, 0) is 48.4 Å². The third kappa shape index (κ3) is 7.46. The Morgan fingerprint density at radius 2 is 1.76 bits per heavy atom. The molecular formula is C29H24Cl3F6N5O3. The zero-order valence-electron chi connectivity index (χ0n) is 23.8. The van der Waals surface area contributed by atoms with Crippen molar-refractivity contribution < 1.29 is 40.7 Å². The number of hydrogen-bond donors (Lipinski definition) is 3. The molecule has 0 aliphatic heterocycles. The van der Waals surface area contributed by atoms with Crippen LogP contribution in [0.2, 0.25) is 15.1 Å². The highest BCUT2D eigenvalue weighted by Crippen LogP contribution is 2.34. The van der Waals surface area contributed by atoms with Crippen molar-refractivity contribution in [3.63, 3.8) is 0 Å². The number of amides is 2. The number of aryl methyl sites for hydroxylation is 1. The van der Waals surface area contributed by atoms with Crippen molar-refractivity contribution >= 4 is 63.3 Å². The fourth-order valence-electron chi connectivity index (χ4n) is 4.24. The monoisotopic (exact) mass is 709 g/mol. The largest absolute Gasteiger partial charge is 0.487 e. The molecule has 1 unspecified atom stereocenters. The number of nitrogens with zero attached hydrogens (tertiary/aromatic N) is 2. The maximum Gasteiger partial charge on any atom is 0.415 e. The van der Waals surface area contributed by atoms with Crippen LogP contribution in [0.3, 0.4) is 0 Å². The van der Waals surface area contributed by atoms with E-state index in [0.29, 0.717) is 23.8 Å². The van der Waals surface area contributed by atoms with Crippen LogP contribution in [0.25, 0.3) is 11.0 Å². The molecule has 2 amide bonds. The number of hydrogen-bond acceptors (Lipinski definition) is 5. The lowest BCUT2D eigenvalue weighted by atomic mass is 10.0. The molecule has 1 atom stereocenters. The number of fused-ring (bicyclic) bond motifs is 1. The van der Waals surface area contributed by atoms with Crippen LogP contribution in [0.15, 0.2) is 42.5 Å². The number of imidazole rings is 1. The number of ether oxygens (including phenoxy) is 1. The molecule has 0 fully saturated rings. The zero-order chi connectivity index (χ0) is 34.1. The molecule has 4 N–H and O–H groups in total. The van der Waals surface area contributed by atoms with Gasteiger partial charge >= 0.3 is 6.18 Å². The van der Waals surface area contributed by atoms with E-state index in [2.05, 4.69) is 15.6 Å². The number of aromatic nitrogens is 2. The Labute approximate surface area is 272 Å². The summed E-state index contributed by atoms with van der Waals surface area (Å²) in [7, 11) is 1.60. The highest BCUT2D eigenvalue weighted by Gasteiger charge is 2.53. The Kier molecular flexibility index (Phi) is 10.4. The van der Waals surface area contributed by atoms with Crippen LogP contribution in [0, 0.1) is 5.82 Å². The third-order valence-corrected chi connectivity index (χ3v) is 8.08. The molecule has 246 valence electrons. The van der Waals surface area contributed by atoms with Gasteiger partial charge in [-0.2, -0.15) is 13.2 Å². The lowest BCUT2D eigenvalue weighted by Crippen LogP contribution is -2.61. The SMILES string of the molecule is Cn1c(Cc2c(Cl)ccc(CNC(=O)C(C)(N)C(F)(F)F)c2Cl)nc2cc(C(=O)Nc3ccc(F)c(Cl)c3)c(OCC(F)F)cc21. The molecule has 46 heavy (non-hydrogen) atoms. The smallest absolute Gasteiger partial charge is 0.415 e. The standard InChI is InChI=1S/C29H24Cl3F6N5O3/c1-28(39,29(36,37)38)27(45)40-11-13-3-5-17(30)15(25(13)32)9-24-42-20-8-16(22(46-12-23(34)35)10-21(20)43(24)2)26(44)41-14-4-6-19(33)18(31)7-14/h3-8,10,23H,9,11-12,39H2,1-2H3,(H,40,45)(H,41,44). The first kappa shape index (κ1) is 35.1. The van der Waals surface area contributed by atoms with Crippen molar-refractivity contribution in [2.75, 3.05) is 11.9 Å². The van der Waals surface area contributed by atoms with Crippen LogP contribution >= 0.6 is 34.8 Å². The number of carbonyl (C=O) groups excluding carboxylic acids is 2. The lowest BCUT2D eigenvalue weighted by molar-refractivity contribution is -0.187. The second-order valence-electron chi connectivity index (χ2n) is 10.3. The molecular weight excluding hydrogens is 687 g/mol. The summed E-state index contributed by atoms with van der Waals surface area (Å²) in [6, 6.07) is 9.00. The minimum atomic E-state index is -4.99. The molecule has 0 aliphatic carbocycles. The predicted molar refractivity (Wildman–Crippen MR) is 161 cm³/mol. The van der Waals surface area contributed by atoms with Gasteiger partial charge in [0.15, 0.2) is 5.54 Å². The highest BCUT2D eigenvalue weighted by molar-refractivity contribution is 6.36. The summed E-state index contributed by atoms with van der Waals surface area (Å²) < 4.78 is 85.9. The first-order valence-corrected chi connectivity index (χ1v) is 14.3. The predicted octanol–water partition coefficient (Wildman–Crippen LogP) is 7.06. The van der Waals surface area contributed by atoms with E-state index in [9.17, 15) is 35.9 Å². The van der Waals surface area contributed by atoms with Crippen molar-refractivity contribution in [1.29, 1.82) is 0 Å². The maximum absolute atomic E-state index is 13.6. The zero-order valence-corrected chi connectivity index (χ0v) is 26.1. The van der Waals surface area contributed by atoms with Crippen LogP contribution < -0.4 is 21.1 Å². The van der Waals surface area contributed by atoms with E-state index in [1.165, 1.54) is 36.4 Å². The average molecular weight is 711 g/mol. The van der Waals surface area contributed by atoms with Crippen LogP contribution in [0.4, 0.5) is 32.0 Å². The van der Waals surface area contributed by atoms with Crippen LogP contribution in [-0.4, -0.2) is 46.1 Å². The van der Waals surface area contributed by atoms with Crippen molar-refractivity contribution in [1.82, 2.24) is 14.9 Å². The molecule has 0 bridgehead atoms. The third-order valence-electron chi connectivity index (χ3n) is 6.96. The summed E-state index contributed by atoms with van der Waals surface area (Å²) in [6.07, 6.45) is -7.87. The van der Waals surface area contributed by atoms with Gasteiger partial charge in [-0.15, -0.1) is 0 Å². The number of nitrogens with two attached hydrogens (primary N) is 1. The Morgan fingerprint density at radius 3 is 2.39 bits per heavy atom. The van der Waals surface area contributed by atoms with Crippen LogP contribution in [-0.2, 0) is 24.8 Å². The molecule has 17 heteroatoms. The number of benzene rings is 3. The minimum absolute atomic E-state index is 0.0232. The fraction of sp³-hybridized carbons (Fsp3) is 0.276. The van der Waals surface area contributed by atoms with Gasteiger partial charge in [0.1, 0.15) is 24.0 Å². The Balaban J connectivity index is 1.66. The van der Waals surface area contributed by atoms with Gasteiger partial charge in [0.25, 0.3) is 12.3 Å². The molecule has 1 heterocycles. The van der Waals surface area contributed by atoms with Gasteiger partial charge in [-0.1, -0.05) is 40.9 Å². The number of carbonyl (C=O) groups is 2. The van der Waals surface area contributed by atoms with Gasteiger partial charge in [-0.3, -0.25) is 9.59 Å². The van der Waals surface area contributed by atoms with E-state index in [0.717, 1.165) is 6.07 Å². The van der Waals surface area contributed by atoms with Gasteiger partial charge in [0.2, 0.25) is 5.91 Å².